The summed E-state index contributed by atoms with van der Waals surface area (Å²) in [5.41, 5.74) is 11.1. The third-order valence-corrected chi connectivity index (χ3v) is 7.59. The Kier molecular flexibility index (Phi) is 5.56. The Hall–Kier alpha value is -3.32. The highest BCUT2D eigenvalue weighted by Crippen LogP contribution is 2.38. The van der Waals surface area contributed by atoms with Crippen LogP contribution in [0.15, 0.2) is 78.0 Å². The number of fused-ring (bicyclic) bond motifs is 1. The molecule has 3 N–H and O–H groups in total. The molecule has 0 radical (unpaired) electrons. The second-order valence-corrected chi connectivity index (χ2v) is 10.5. The molecule has 182 valence electrons. The number of rotatable bonds is 6. The Morgan fingerprint density at radius 2 is 1.94 bits per heavy atom. The maximum absolute atomic E-state index is 13.3. The summed E-state index contributed by atoms with van der Waals surface area (Å²) in [6.07, 6.45) is 5.81. The summed E-state index contributed by atoms with van der Waals surface area (Å²) < 4.78 is 3.80. The van der Waals surface area contributed by atoms with Gasteiger partial charge in [-0.3, -0.25) is 4.79 Å². The number of nitrogens with zero attached hydrogens (tertiary/aromatic N) is 3. The van der Waals surface area contributed by atoms with Crippen molar-refractivity contribution < 1.29 is 0 Å². The molecular formula is C28H25Cl2N5O. The minimum Gasteiger partial charge on any atom is -0.347 e. The van der Waals surface area contributed by atoms with Gasteiger partial charge in [0.15, 0.2) is 0 Å². The van der Waals surface area contributed by atoms with Gasteiger partial charge < -0.3 is 19.9 Å². The highest BCUT2D eigenvalue weighted by Gasteiger charge is 2.36. The van der Waals surface area contributed by atoms with Crippen molar-refractivity contribution in [3.8, 4) is 11.1 Å². The topological polar surface area (TPSA) is 81.6 Å². The summed E-state index contributed by atoms with van der Waals surface area (Å²) in [6, 6.07) is 19.1. The first kappa shape index (κ1) is 23.1. The van der Waals surface area contributed by atoms with Crippen LogP contribution in [0.5, 0.6) is 0 Å². The van der Waals surface area contributed by atoms with E-state index in [0.717, 1.165) is 51.8 Å². The zero-order valence-corrected chi connectivity index (χ0v) is 21.2. The molecule has 1 unspecified atom stereocenters. The van der Waals surface area contributed by atoms with Crippen molar-refractivity contribution in [2.45, 2.75) is 24.9 Å². The molecule has 8 heteroatoms. The van der Waals surface area contributed by atoms with E-state index < -0.39 is 5.54 Å². The maximum Gasteiger partial charge on any atom is 0.251 e. The van der Waals surface area contributed by atoms with Gasteiger partial charge >= 0.3 is 0 Å². The van der Waals surface area contributed by atoms with Crippen molar-refractivity contribution in [2.75, 3.05) is 0 Å². The third kappa shape index (κ3) is 3.86. The average molecular weight is 518 g/mol. The summed E-state index contributed by atoms with van der Waals surface area (Å²) in [5, 5.41) is 2.05. The van der Waals surface area contributed by atoms with Crippen LogP contribution in [0.2, 0.25) is 10.2 Å². The highest BCUT2D eigenvalue weighted by molar-refractivity contribution is 6.31. The minimum absolute atomic E-state index is 0.0149. The molecular weight excluding hydrogens is 493 g/mol. The normalized spacial score (nSPS) is 15.3. The number of pyridine rings is 1. The standard InChI is InChI=1S/C28H25Cl2N5O/c1-34-16-32-14-25(34)28(31,24-9-10-26(30)33-24)19-7-8-23-22(12-19)21(18-3-2-4-20(29)11-18)13-27(36)35(23)15-17-5-6-17/h2-4,7-14,16-17,33H,5-6,15,31H2,1H3. The smallest absolute Gasteiger partial charge is 0.251 e. The molecule has 3 heterocycles. The van der Waals surface area contributed by atoms with E-state index in [4.69, 9.17) is 28.9 Å². The number of halogens is 2. The quantitative estimate of drug-likeness (QED) is 0.303. The number of H-pyrrole nitrogens is 1. The molecule has 1 atom stereocenters. The van der Waals surface area contributed by atoms with E-state index in [0.29, 0.717) is 22.6 Å². The van der Waals surface area contributed by atoms with Gasteiger partial charge in [-0.05, 0) is 71.8 Å². The molecule has 0 spiro atoms. The molecule has 6 nitrogen and oxygen atoms in total. The molecule has 0 aliphatic heterocycles. The number of imidazole rings is 1. The van der Waals surface area contributed by atoms with Gasteiger partial charge in [-0.25, -0.2) is 4.98 Å². The monoisotopic (exact) mass is 517 g/mol. The molecule has 2 aromatic carbocycles. The zero-order valence-electron chi connectivity index (χ0n) is 19.7. The molecule has 1 aliphatic rings. The third-order valence-electron chi connectivity index (χ3n) is 7.14. The lowest BCUT2D eigenvalue weighted by atomic mass is 9.83. The molecule has 3 aromatic heterocycles. The molecule has 0 bridgehead atoms. The molecule has 1 fully saturated rings. The average Bonchev–Trinajstić information content (AvgIpc) is 3.41. The number of aryl methyl sites for hydroxylation is 1. The zero-order chi connectivity index (χ0) is 25.0. The summed E-state index contributed by atoms with van der Waals surface area (Å²) in [4.78, 5) is 20.8. The van der Waals surface area contributed by atoms with Crippen molar-refractivity contribution in [1.29, 1.82) is 0 Å². The van der Waals surface area contributed by atoms with Crippen LogP contribution in [0.3, 0.4) is 0 Å². The summed E-state index contributed by atoms with van der Waals surface area (Å²) >= 11 is 12.6. The predicted octanol–water partition coefficient (Wildman–Crippen LogP) is 5.70. The number of nitrogens with two attached hydrogens (primary N) is 1. The fraction of sp³-hybridized carbons (Fsp3) is 0.214. The summed E-state index contributed by atoms with van der Waals surface area (Å²) in [6.45, 7) is 0.715. The van der Waals surface area contributed by atoms with Crippen LogP contribution in [-0.2, 0) is 19.1 Å². The van der Waals surface area contributed by atoms with E-state index in [1.807, 2.05) is 58.6 Å². The van der Waals surface area contributed by atoms with Gasteiger partial charge in [-0.1, -0.05) is 41.4 Å². The number of benzene rings is 2. The second-order valence-electron chi connectivity index (χ2n) is 9.61. The Labute approximate surface area is 218 Å². The number of nitrogens with one attached hydrogen (secondary N) is 1. The minimum atomic E-state index is -1.06. The van der Waals surface area contributed by atoms with Crippen LogP contribution in [0, 0.1) is 5.92 Å². The molecule has 0 saturated heterocycles. The Balaban J connectivity index is 1.65. The lowest BCUT2D eigenvalue weighted by molar-refractivity contribution is 0.581. The van der Waals surface area contributed by atoms with Crippen molar-refractivity contribution in [2.24, 2.45) is 18.7 Å². The Morgan fingerprint density at radius 1 is 1.11 bits per heavy atom. The number of aromatic nitrogens is 4. The van der Waals surface area contributed by atoms with Gasteiger partial charge in [0.05, 0.1) is 23.7 Å². The van der Waals surface area contributed by atoms with Crippen LogP contribution < -0.4 is 11.3 Å². The molecule has 6 rings (SSSR count). The van der Waals surface area contributed by atoms with Crippen molar-refractivity contribution in [3.63, 3.8) is 0 Å². The van der Waals surface area contributed by atoms with E-state index in [2.05, 4.69) is 16.0 Å². The van der Waals surface area contributed by atoms with E-state index in [1.54, 1.807) is 24.7 Å². The SMILES string of the molecule is Cn1cncc1C(N)(c1ccc2c(c1)c(-c1cccc(Cl)c1)cc(=O)n2CC1CC1)c1ccc(Cl)[nH]1. The van der Waals surface area contributed by atoms with E-state index in [-0.39, 0.29) is 5.56 Å². The molecule has 1 aliphatic carbocycles. The van der Waals surface area contributed by atoms with Gasteiger partial charge in [0, 0.05) is 35.8 Å². The van der Waals surface area contributed by atoms with Crippen molar-refractivity contribution in [1.82, 2.24) is 19.1 Å². The molecule has 0 amide bonds. The lowest BCUT2D eigenvalue weighted by Crippen LogP contribution is -2.41. The van der Waals surface area contributed by atoms with Crippen LogP contribution in [0.1, 0.15) is 29.8 Å². The Morgan fingerprint density at radius 3 is 2.61 bits per heavy atom. The fourth-order valence-electron chi connectivity index (χ4n) is 5.05. The predicted molar refractivity (Wildman–Crippen MR) is 144 cm³/mol. The van der Waals surface area contributed by atoms with E-state index >= 15 is 0 Å². The van der Waals surface area contributed by atoms with Crippen LogP contribution in [-0.4, -0.2) is 19.1 Å². The number of hydrogen-bond acceptors (Lipinski definition) is 3. The summed E-state index contributed by atoms with van der Waals surface area (Å²) in [7, 11) is 1.92. The van der Waals surface area contributed by atoms with Gasteiger partial charge in [-0.2, -0.15) is 0 Å². The molecule has 1 saturated carbocycles. The maximum atomic E-state index is 13.3. The second kappa shape index (κ2) is 8.66. The fourth-order valence-corrected chi connectivity index (χ4v) is 5.40. The lowest BCUT2D eigenvalue weighted by Gasteiger charge is -2.30. The molecule has 5 aromatic rings. The number of aromatic amines is 1. The van der Waals surface area contributed by atoms with E-state index in [1.165, 1.54) is 0 Å². The van der Waals surface area contributed by atoms with Crippen molar-refractivity contribution >= 4 is 34.1 Å². The van der Waals surface area contributed by atoms with Gasteiger partial charge in [-0.15, -0.1) is 0 Å². The highest BCUT2D eigenvalue weighted by atomic mass is 35.5. The first-order valence-corrected chi connectivity index (χ1v) is 12.6. The molecule has 36 heavy (non-hydrogen) atoms. The number of hydrogen-bond donors (Lipinski definition) is 2. The van der Waals surface area contributed by atoms with Gasteiger partial charge in [0.1, 0.15) is 10.7 Å². The Bertz CT molecular complexity index is 1660. The van der Waals surface area contributed by atoms with Crippen molar-refractivity contribution in [3.05, 3.63) is 111 Å². The van der Waals surface area contributed by atoms with Crippen LogP contribution in [0.4, 0.5) is 0 Å². The summed E-state index contributed by atoms with van der Waals surface area (Å²) in [5.74, 6) is 0.548. The van der Waals surface area contributed by atoms with Crippen LogP contribution >= 0.6 is 23.2 Å². The van der Waals surface area contributed by atoms with Crippen LogP contribution in [0.25, 0.3) is 22.0 Å². The van der Waals surface area contributed by atoms with Gasteiger partial charge in [0.25, 0.3) is 5.56 Å². The largest absolute Gasteiger partial charge is 0.347 e. The van der Waals surface area contributed by atoms with E-state index in [9.17, 15) is 4.79 Å². The first-order valence-electron chi connectivity index (χ1n) is 11.9. The van der Waals surface area contributed by atoms with Gasteiger partial charge in [0.2, 0.25) is 0 Å². The first-order chi connectivity index (χ1) is 17.3.